The molecule has 0 saturated heterocycles. The molecule has 178 valence electrons. The van der Waals surface area contributed by atoms with Gasteiger partial charge in [-0.15, -0.1) is 34.0 Å². The maximum absolute atomic E-state index is 3.45. The van der Waals surface area contributed by atoms with Gasteiger partial charge in [-0.2, -0.15) is 0 Å². The molecule has 0 aromatic carbocycles. The molecule has 29 heavy (non-hydrogen) atoms. The predicted molar refractivity (Wildman–Crippen MR) is 145 cm³/mol. The van der Waals surface area contributed by atoms with Crippen molar-refractivity contribution in [3.63, 3.8) is 0 Å². The Balaban J connectivity index is -0.00000338. The zero-order valence-electron chi connectivity index (χ0n) is 20.1. The van der Waals surface area contributed by atoms with Gasteiger partial charge in [0.15, 0.2) is 0 Å². The number of hydrogen-bond donors (Lipinski definition) is 1. The van der Waals surface area contributed by atoms with Crippen LogP contribution in [0.5, 0.6) is 0 Å². The van der Waals surface area contributed by atoms with Crippen LogP contribution in [0.25, 0.3) is 0 Å². The molecule has 4 heteroatoms. The number of allylic oxidation sites excluding steroid dienone is 1. The Morgan fingerprint density at radius 1 is 0.586 bits per heavy atom. The van der Waals surface area contributed by atoms with E-state index in [0.717, 1.165) is 19.6 Å². The van der Waals surface area contributed by atoms with Gasteiger partial charge in [0.2, 0.25) is 0 Å². The van der Waals surface area contributed by atoms with E-state index in [0.29, 0.717) is 0 Å². The van der Waals surface area contributed by atoms with Crippen LogP contribution in [0.4, 0.5) is 0 Å². The lowest BCUT2D eigenvalue weighted by Crippen LogP contribution is -2.26. The zero-order chi connectivity index (χ0) is 19.8. The smallest absolute Gasteiger partial charge is 0.0135 e. The van der Waals surface area contributed by atoms with Crippen molar-refractivity contribution >= 4 is 34.0 Å². The summed E-state index contributed by atoms with van der Waals surface area (Å²) in [7, 11) is 4.24. The highest BCUT2D eigenvalue weighted by molar-refractivity contribution is 8.93. The maximum atomic E-state index is 3.45. The van der Waals surface area contributed by atoms with E-state index < -0.39 is 0 Å². The number of nitrogens with zero attached hydrogens (tertiary/aromatic N) is 1. The van der Waals surface area contributed by atoms with E-state index in [1.807, 2.05) is 0 Å². The number of halogens is 2. The molecule has 0 aliphatic rings. The predicted octanol–water partition coefficient (Wildman–Crippen LogP) is 8.50. The minimum atomic E-state index is 0. The highest BCUT2D eigenvalue weighted by atomic mass is 79.9. The first-order valence-electron chi connectivity index (χ1n) is 12.3. The molecule has 0 aliphatic heterocycles. The molecule has 0 atom stereocenters. The van der Waals surface area contributed by atoms with Crippen molar-refractivity contribution in [3.05, 3.63) is 12.2 Å². The van der Waals surface area contributed by atoms with Crippen LogP contribution in [-0.4, -0.2) is 38.6 Å². The topological polar surface area (TPSA) is 15.3 Å². The standard InChI is InChI=1S/C25H52N2.2BrH/c1-4-5-6-7-8-9-10-11-12-13-14-15-16-17-18-19-20-21-22-23-26-24-25-27(2)3;;/h21-22,26H,4-20,23-25H2,1-3H3;2*1H. The highest BCUT2D eigenvalue weighted by Crippen LogP contribution is 2.14. The number of nitrogens with one attached hydrogen (secondary N) is 1. The summed E-state index contributed by atoms with van der Waals surface area (Å²) in [5.74, 6) is 0. The zero-order valence-corrected chi connectivity index (χ0v) is 23.5. The average molecular weight is 543 g/mol. The van der Waals surface area contributed by atoms with Gasteiger partial charge in [0.25, 0.3) is 0 Å². The van der Waals surface area contributed by atoms with Gasteiger partial charge in [0.05, 0.1) is 0 Å². The van der Waals surface area contributed by atoms with Crippen molar-refractivity contribution in [3.8, 4) is 0 Å². The summed E-state index contributed by atoms with van der Waals surface area (Å²) in [4.78, 5) is 2.22. The van der Waals surface area contributed by atoms with Gasteiger partial charge in [0.1, 0.15) is 0 Å². The highest BCUT2D eigenvalue weighted by Gasteiger charge is 1.94. The number of hydrogen-bond acceptors (Lipinski definition) is 2. The quantitative estimate of drug-likeness (QED) is 0.109. The maximum Gasteiger partial charge on any atom is 0.0135 e. The minimum Gasteiger partial charge on any atom is -0.312 e. The minimum absolute atomic E-state index is 0. The molecule has 0 bridgehead atoms. The summed E-state index contributed by atoms with van der Waals surface area (Å²) in [6.07, 6.45) is 29.1. The third-order valence-electron chi connectivity index (χ3n) is 5.39. The first kappa shape index (κ1) is 34.2. The lowest BCUT2D eigenvalue weighted by molar-refractivity contribution is 0.404. The molecule has 0 aromatic heterocycles. The summed E-state index contributed by atoms with van der Waals surface area (Å²) in [6, 6.07) is 0. The number of unbranched alkanes of at least 4 members (excludes halogenated alkanes) is 16. The van der Waals surface area contributed by atoms with Crippen molar-refractivity contribution in [1.82, 2.24) is 10.2 Å². The van der Waals surface area contributed by atoms with E-state index in [-0.39, 0.29) is 34.0 Å². The lowest BCUT2D eigenvalue weighted by Gasteiger charge is -2.08. The third-order valence-corrected chi connectivity index (χ3v) is 5.39. The van der Waals surface area contributed by atoms with Crippen LogP contribution >= 0.6 is 34.0 Å². The third kappa shape index (κ3) is 33.5. The largest absolute Gasteiger partial charge is 0.312 e. The molecular formula is C25H54Br2N2. The molecule has 0 radical (unpaired) electrons. The molecule has 0 spiro atoms. The van der Waals surface area contributed by atoms with Crippen LogP contribution in [0.2, 0.25) is 0 Å². The Bertz CT molecular complexity index is 297. The molecule has 0 unspecified atom stereocenters. The van der Waals surface area contributed by atoms with Crippen LogP contribution in [0.15, 0.2) is 12.2 Å². The second-order valence-corrected chi connectivity index (χ2v) is 8.57. The summed E-state index contributed by atoms with van der Waals surface area (Å²) < 4.78 is 0. The van der Waals surface area contributed by atoms with E-state index in [9.17, 15) is 0 Å². The normalized spacial score (nSPS) is 11.0. The average Bonchev–Trinajstić information content (AvgIpc) is 2.65. The molecule has 2 nitrogen and oxygen atoms in total. The van der Waals surface area contributed by atoms with Crippen molar-refractivity contribution in [1.29, 1.82) is 0 Å². The van der Waals surface area contributed by atoms with E-state index in [2.05, 4.69) is 43.4 Å². The summed E-state index contributed by atoms with van der Waals surface area (Å²) in [5.41, 5.74) is 0. The van der Waals surface area contributed by atoms with Crippen LogP contribution in [0.3, 0.4) is 0 Å². The van der Waals surface area contributed by atoms with Crippen molar-refractivity contribution < 1.29 is 0 Å². The van der Waals surface area contributed by atoms with Crippen LogP contribution in [0.1, 0.15) is 116 Å². The fraction of sp³-hybridized carbons (Fsp3) is 0.920. The summed E-state index contributed by atoms with van der Waals surface area (Å²) in [6.45, 7) is 5.52. The molecule has 0 fully saturated rings. The number of likely N-dealkylation sites (N-methyl/N-ethyl adjacent to an activating group) is 1. The molecule has 0 heterocycles. The molecule has 0 rings (SSSR count). The summed E-state index contributed by atoms with van der Waals surface area (Å²) in [5, 5.41) is 3.45. The molecule has 0 saturated carbocycles. The molecule has 1 N–H and O–H groups in total. The molecule has 0 amide bonds. The Morgan fingerprint density at radius 3 is 1.41 bits per heavy atom. The monoisotopic (exact) mass is 540 g/mol. The first-order valence-corrected chi connectivity index (χ1v) is 12.3. The van der Waals surface area contributed by atoms with E-state index in [1.54, 1.807) is 0 Å². The van der Waals surface area contributed by atoms with Gasteiger partial charge in [-0.25, -0.2) is 0 Å². The Kier molecular flexibility index (Phi) is 36.4. The van der Waals surface area contributed by atoms with E-state index in [1.165, 1.54) is 109 Å². The SMILES string of the molecule is Br.Br.CCCCCCCCCCCCCCCCCCC=CCNCCN(C)C. The Labute approximate surface area is 205 Å². The van der Waals surface area contributed by atoms with E-state index in [4.69, 9.17) is 0 Å². The fourth-order valence-corrected chi connectivity index (χ4v) is 3.50. The van der Waals surface area contributed by atoms with Gasteiger partial charge >= 0.3 is 0 Å². The molecule has 0 aliphatic carbocycles. The number of rotatable bonds is 22. The van der Waals surface area contributed by atoms with Crippen molar-refractivity contribution in [2.75, 3.05) is 33.7 Å². The van der Waals surface area contributed by atoms with Crippen LogP contribution < -0.4 is 5.32 Å². The fourth-order valence-electron chi connectivity index (χ4n) is 3.50. The van der Waals surface area contributed by atoms with Gasteiger partial charge in [-0.3, -0.25) is 0 Å². The Hall–Kier alpha value is 0.620. The van der Waals surface area contributed by atoms with Gasteiger partial charge in [-0.05, 0) is 26.9 Å². The first-order chi connectivity index (χ1) is 13.3. The van der Waals surface area contributed by atoms with Crippen LogP contribution in [-0.2, 0) is 0 Å². The van der Waals surface area contributed by atoms with Crippen LogP contribution in [0, 0.1) is 0 Å². The summed E-state index contributed by atoms with van der Waals surface area (Å²) >= 11 is 0. The van der Waals surface area contributed by atoms with Gasteiger partial charge < -0.3 is 10.2 Å². The van der Waals surface area contributed by atoms with Crippen molar-refractivity contribution in [2.24, 2.45) is 0 Å². The second-order valence-electron chi connectivity index (χ2n) is 8.57. The molecular weight excluding hydrogens is 488 g/mol. The van der Waals surface area contributed by atoms with E-state index >= 15 is 0 Å². The molecule has 0 aromatic rings. The lowest BCUT2D eigenvalue weighted by atomic mass is 10.0. The van der Waals surface area contributed by atoms with Gasteiger partial charge in [-0.1, -0.05) is 115 Å². The second kappa shape index (κ2) is 30.8. The Morgan fingerprint density at radius 2 is 1.00 bits per heavy atom. The van der Waals surface area contributed by atoms with Crippen molar-refractivity contribution in [2.45, 2.75) is 116 Å². The van der Waals surface area contributed by atoms with Gasteiger partial charge in [0, 0.05) is 19.6 Å².